The van der Waals surface area contributed by atoms with Gasteiger partial charge in [-0.2, -0.15) is 13.2 Å². The van der Waals surface area contributed by atoms with Crippen molar-refractivity contribution in [3.05, 3.63) is 21.8 Å². The molecule has 0 aliphatic heterocycles. The molecule has 0 unspecified atom stereocenters. The number of nitrogens with zero attached hydrogens (tertiary/aromatic N) is 2. The standard InChI is InChI=1S/C10H11BrClF3N2/c1-2-3-17(6-10(13,14)15)9-8(12)4-7(11)5-16-9/h4-5H,2-3,6H2,1H3. The minimum Gasteiger partial charge on any atom is -0.346 e. The normalized spacial score (nSPS) is 11.6. The van der Waals surface area contributed by atoms with E-state index in [1.54, 1.807) is 6.92 Å². The van der Waals surface area contributed by atoms with E-state index in [-0.39, 0.29) is 17.4 Å². The summed E-state index contributed by atoms with van der Waals surface area (Å²) in [6.45, 7) is 1.01. The number of hydrogen-bond acceptors (Lipinski definition) is 2. The Balaban J connectivity index is 2.97. The topological polar surface area (TPSA) is 16.1 Å². The first-order chi connectivity index (χ1) is 7.83. The summed E-state index contributed by atoms with van der Waals surface area (Å²) in [6, 6.07) is 1.53. The lowest BCUT2D eigenvalue weighted by Crippen LogP contribution is -2.35. The summed E-state index contributed by atoms with van der Waals surface area (Å²) in [5, 5.41) is 0.206. The predicted molar refractivity (Wildman–Crippen MR) is 65.5 cm³/mol. The molecule has 1 aromatic heterocycles. The van der Waals surface area contributed by atoms with Crippen LogP contribution in [0.15, 0.2) is 16.7 Å². The lowest BCUT2D eigenvalue weighted by Gasteiger charge is -2.25. The Morgan fingerprint density at radius 1 is 1.47 bits per heavy atom. The van der Waals surface area contributed by atoms with E-state index in [9.17, 15) is 13.2 Å². The van der Waals surface area contributed by atoms with E-state index in [4.69, 9.17) is 11.6 Å². The van der Waals surface area contributed by atoms with Crippen molar-refractivity contribution in [3.63, 3.8) is 0 Å². The molecule has 1 heterocycles. The third-order valence-corrected chi connectivity index (χ3v) is 2.66. The van der Waals surface area contributed by atoms with Crippen LogP contribution in [0, 0.1) is 0 Å². The lowest BCUT2D eigenvalue weighted by molar-refractivity contribution is -0.119. The fraction of sp³-hybridized carbons (Fsp3) is 0.500. The first-order valence-corrected chi connectivity index (χ1v) is 6.13. The number of alkyl halides is 3. The highest BCUT2D eigenvalue weighted by molar-refractivity contribution is 9.10. The maximum Gasteiger partial charge on any atom is 0.405 e. The maximum atomic E-state index is 12.4. The summed E-state index contributed by atoms with van der Waals surface area (Å²) in [4.78, 5) is 5.06. The highest BCUT2D eigenvalue weighted by Crippen LogP contribution is 2.28. The van der Waals surface area contributed by atoms with Crippen molar-refractivity contribution in [3.8, 4) is 0 Å². The molecule has 0 aliphatic carbocycles. The quantitative estimate of drug-likeness (QED) is 0.819. The molecule has 0 amide bonds. The molecule has 1 aromatic rings. The van der Waals surface area contributed by atoms with Gasteiger partial charge < -0.3 is 4.90 Å². The van der Waals surface area contributed by atoms with Crippen LogP contribution < -0.4 is 4.90 Å². The second-order valence-corrected chi connectivity index (χ2v) is 4.82. The van der Waals surface area contributed by atoms with Gasteiger partial charge >= 0.3 is 6.18 Å². The van der Waals surface area contributed by atoms with E-state index >= 15 is 0 Å². The molecule has 0 spiro atoms. The van der Waals surface area contributed by atoms with Crippen molar-refractivity contribution >= 4 is 33.3 Å². The Morgan fingerprint density at radius 3 is 2.59 bits per heavy atom. The molecule has 17 heavy (non-hydrogen) atoms. The number of hydrogen-bond donors (Lipinski definition) is 0. The summed E-state index contributed by atoms with van der Waals surface area (Å²) >= 11 is 9.05. The summed E-state index contributed by atoms with van der Waals surface area (Å²) in [5.74, 6) is 0.161. The number of halogens is 5. The third kappa shape index (κ3) is 4.71. The molecule has 96 valence electrons. The number of aromatic nitrogens is 1. The minimum atomic E-state index is -4.27. The minimum absolute atomic E-state index is 0.161. The zero-order chi connectivity index (χ0) is 13.1. The van der Waals surface area contributed by atoms with Crippen LogP contribution in [0.4, 0.5) is 19.0 Å². The Morgan fingerprint density at radius 2 is 2.12 bits per heavy atom. The second kappa shape index (κ2) is 5.91. The highest BCUT2D eigenvalue weighted by atomic mass is 79.9. The second-order valence-electron chi connectivity index (χ2n) is 3.50. The van der Waals surface area contributed by atoms with E-state index in [2.05, 4.69) is 20.9 Å². The zero-order valence-corrected chi connectivity index (χ0v) is 11.4. The van der Waals surface area contributed by atoms with Crippen LogP contribution in [0.5, 0.6) is 0 Å². The van der Waals surface area contributed by atoms with E-state index < -0.39 is 12.7 Å². The summed E-state index contributed by atoms with van der Waals surface area (Å²) in [7, 11) is 0. The predicted octanol–water partition coefficient (Wildman–Crippen LogP) is 4.28. The van der Waals surface area contributed by atoms with Crippen LogP contribution in [0.2, 0.25) is 5.02 Å². The van der Waals surface area contributed by atoms with Crippen LogP contribution in [-0.4, -0.2) is 24.2 Å². The van der Waals surface area contributed by atoms with Crippen LogP contribution in [-0.2, 0) is 0 Å². The van der Waals surface area contributed by atoms with Crippen LogP contribution >= 0.6 is 27.5 Å². The summed E-state index contributed by atoms with van der Waals surface area (Å²) < 4.78 is 37.8. The van der Waals surface area contributed by atoms with E-state index in [1.165, 1.54) is 12.3 Å². The van der Waals surface area contributed by atoms with Gasteiger partial charge in [-0.05, 0) is 28.4 Å². The monoisotopic (exact) mass is 330 g/mol. The molecule has 1 rings (SSSR count). The summed E-state index contributed by atoms with van der Waals surface area (Å²) in [6.07, 6.45) is -2.25. The molecular weight excluding hydrogens is 320 g/mol. The van der Waals surface area contributed by atoms with Gasteiger partial charge in [-0.25, -0.2) is 4.98 Å². The maximum absolute atomic E-state index is 12.4. The first-order valence-electron chi connectivity index (χ1n) is 4.96. The molecule has 0 atom stereocenters. The average Bonchev–Trinajstić information content (AvgIpc) is 2.14. The largest absolute Gasteiger partial charge is 0.405 e. The molecule has 0 saturated carbocycles. The SMILES string of the molecule is CCCN(CC(F)(F)F)c1ncc(Br)cc1Cl. The van der Waals surface area contributed by atoms with Crippen LogP contribution in [0.3, 0.4) is 0 Å². The molecular formula is C10H11BrClF3N2. The van der Waals surface area contributed by atoms with Crippen molar-refractivity contribution in [1.82, 2.24) is 4.98 Å². The molecule has 7 heteroatoms. The molecule has 0 bridgehead atoms. The molecule has 2 nitrogen and oxygen atoms in total. The van der Waals surface area contributed by atoms with Gasteiger partial charge in [-0.15, -0.1) is 0 Å². The van der Waals surface area contributed by atoms with Gasteiger partial charge in [0.05, 0.1) is 5.02 Å². The Labute approximate surface area is 111 Å². The fourth-order valence-corrected chi connectivity index (χ4v) is 2.14. The van der Waals surface area contributed by atoms with Crippen LogP contribution in [0.1, 0.15) is 13.3 Å². The van der Waals surface area contributed by atoms with Gasteiger partial charge in [0.1, 0.15) is 12.4 Å². The van der Waals surface area contributed by atoms with Gasteiger partial charge in [0.25, 0.3) is 0 Å². The third-order valence-electron chi connectivity index (χ3n) is 1.95. The van der Waals surface area contributed by atoms with Gasteiger partial charge in [0.15, 0.2) is 0 Å². The molecule has 0 fully saturated rings. The molecule has 0 aliphatic rings. The van der Waals surface area contributed by atoms with Crippen molar-refractivity contribution in [1.29, 1.82) is 0 Å². The lowest BCUT2D eigenvalue weighted by atomic mass is 10.3. The van der Waals surface area contributed by atoms with Crippen molar-refractivity contribution in [2.24, 2.45) is 0 Å². The van der Waals surface area contributed by atoms with Gasteiger partial charge in [0, 0.05) is 17.2 Å². The average molecular weight is 332 g/mol. The van der Waals surface area contributed by atoms with Gasteiger partial charge in [0.2, 0.25) is 0 Å². The van der Waals surface area contributed by atoms with E-state index in [1.807, 2.05) is 0 Å². The first kappa shape index (κ1) is 14.6. The zero-order valence-electron chi connectivity index (χ0n) is 9.06. The molecule has 0 aromatic carbocycles. The van der Waals surface area contributed by atoms with Gasteiger partial charge in [-0.3, -0.25) is 0 Å². The van der Waals surface area contributed by atoms with E-state index in [0.717, 1.165) is 4.90 Å². The Hall–Kier alpha value is -0.490. The molecule has 0 N–H and O–H groups in total. The molecule has 0 radical (unpaired) electrons. The number of anilines is 1. The fourth-order valence-electron chi connectivity index (χ4n) is 1.39. The number of pyridine rings is 1. The van der Waals surface area contributed by atoms with Crippen molar-refractivity contribution in [2.45, 2.75) is 19.5 Å². The Bertz CT molecular complexity index is 384. The van der Waals surface area contributed by atoms with Gasteiger partial charge in [-0.1, -0.05) is 18.5 Å². The smallest absolute Gasteiger partial charge is 0.346 e. The highest BCUT2D eigenvalue weighted by Gasteiger charge is 2.31. The summed E-state index contributed by atoms with van der Waals surface area (Å²) in [5.41, 5.74) is 0. The number of rotatable bonds is 4. The van der Waals surface area contributed by atoms with Crippen molar-refractivity contribution in [2.75, 3.05) is 18.0 Å². The Kier molecular flexibility index (Phi) is 5.06. The van der Waals surface area contributed by atoms with E-state index in [0.29, 0.717) is 10.9 Å². The molecule has 0 saturated heterocycles. The van der Waals surface area contributed by atoms with Crippen molar-refractivity contribution < 1.29 is 13.2 Å². The van der Waals surface area contributed by atoms with Crippen LogP contribution in [0.25, 0.3) is 0 Å².